The lowest BCUT2D eigenvalue weighted by atomic mass is 10.0. The topological polar surface area (TPSA) is 92.0 Å². The Morgan fingerprint density at radius 1 is 1.48 bits per heavy atom. The molecule has 156 valence electrons. The first kappa shape index (κ1) is 20.8. The van der Waals surface area contributed by atoms with Crippen molar-refractivity contribution in [2.24, 2.45) is 12.0 Å². The fraction of sp³-hybridized carbons (Fsp3) is 0.450. The Balaban J connectivity index is 1.77. The number of nitrogens with one attached hydrogen (secondary N) is 1. The van der Waals surface area contributed by atoms with Gasteiger partial charge < -0.3 is 14.7 Å². The van der Waals surface area contributed by atoms with Crippen LogP contribution in [0.25, 0.3) is 11.1 Å². The number of carbonyl (C=O) groups is 1. The van der Waals surface area contributed by atoms with E-state index in [-0.39, 0.29) is 19.0 Å². The number of aromatic nitrogens is 2. The first-order valence-corrected chi connectivity index (χ1v) is 9.31. The largest absolute Gasteiger partial charge is 0.496 e. The van der Waals surface area contributed by atoms with Gasteiger partial charge in [-0.2, -0.15) is 5.10 Å². The van der Waals surface area contributed by atoms with Crippen LogP contribution < -0.4 is 10.1 Å². The highest BCUT2D eigenvalue weighted by molar-refractivity contribution is 6.04. The molecule has 2 heterocycles. The number of benzene rings is 1. The highest BCUT2D eigenvalue weighted by Crippen LogP contribution is 2.41. The number of methoxy groups -OCH3 is 1. The highest BCUT2D eigenvalue weighted by atomic mass is 19.1. The summed E-state index contributed by atoms with van der Waals surface area (Å²) >= 11 is 0. The average Bonchev–Trinajstić information content (AvgIpc) is 3.31. The van der Waals surface area contributed by atoms with Crippen LogP contribution in [-0.4, -0.2) is 64.6 Å². The number of aliphatic hydroxyl groups is 1. The van der Waals surface area contributed by atoms with Crippen molar-refractivity contribution in [1.82, 2.24) is 20.0 Å². The van der Waals surface area contributed by atoms with E-state index in [0.29, 0.717) is 18.0 Å². The number of rotatable bonds is 6. The number of urea groups is 1. The Bertz CT molecular complexity index is 938. The van der Waals surface area contributed by atoms with E-state index in [2.05, 4.69) is 15.4 Å². The van der Waals surface area contributed by atoms with E-state index in [4.69, 9.17) is 4.74 Å². The second kappa shape index (κ2) is 8.20. The van der Waals surface area contributed by atoms with E-state index in [1.165, 1.54) is 11.8 Å². The Labute approximate surface area is 169 Å². The summed E-state index contributed by atoms with van der Waals surface area (Å²) in [5, 5.41) is 16.8. The van der Waals surface area contributed by atoms with Gasteiger partial charge in [0, 0.05) is 49.9 Å². The fourth-order valence-electron chi connectivity index (χ4n) is 3.11. The first-order chi connectivity index (χ1) is 13.7. The van der Waals surface area contributed by atoms with E-state index in [0.717, 1.165) is 22.4 Å². The molecule has 8 nitrogen and oxygen atoms in total. The molecule has 0 fully saturated rings. The van der Waals surface area contributed by atoms with Crippen molar-refractivity contribution < 1.29 is 19.0 Å². The molecule has 1 unspecified atom stereocenters. The van der Waals surface area contributed by atoms with Crippen molar-refractivity contribution in [2.45, 2.75) is 25.4 Å². The van der Waals surface area contributed by atoms with Crippen LogP contribution in [0.1, 0.15) is 18.9 Å². The number of amidine groups is 1. The quantitative estimate of drug-likeness (QED) is 0.775. The van der Waals surface area contributed by atoms with Crippen molar-refractivity contribution >= 4 is 17.6 Å². The molecular weight excluding hydrogens is 377 g/mol. The second-order valence-electron chi connectivity index (χ2n) is 7.51. The van der Waals surface area contributed by atoms with Gasteiger partial charge >= 0.3 is 6.03 Å². The van der Waals surface area contributed by atoms with E-state index in [1.807, 2.05) is 25.4 Å². The molecule has 29 heavy (non-hydrogen) atoms. The molecule has 0 aliphatic carbocycles. The lowest BCUT2D eigenvalue weighted by Crippen LogP contribution is -2.43. The van der Waals surface area contributed by atoms with Gasteiger partial charge in [-0.3, -0.25) is 10.00 Å². The van der Waals surface area contributed by atoms with Crippen LogP contribution in [0.15, 0.2) is 29.5 Å². The van der Waals surface area contributed by atoms with E-state index in [9.17, 15) is 14.3 Å². The van der Waals surface area contributed by atoms with Gasteiger partial charge in [-0.15, -0.1) is 0 Å². The van der Waals surface area contributed by atoms with Crippen molar-refractivity contribution in [3.8, 4) is 16.9 Å². The number of carbonyl (C=O) groups excluding carboxylic acids is 1. The molecule has 9 heteroatoms. The molecule has 1 aromatic heterocycles. The zero-order valence-corrected chi connectivity index (χ0v) is 17.1. The summed E-state index contributed by atoms with van der Waals surface area (Å²) in [5.41, 5.74) is 2.03. The van der Waals surface area contributed by atoms with Gasteiger partial charge in [-0.1, -0.05) is 0 Å². The summed E-state index contributed by atoms with van der Waals surface area (Å²) in [6, 6.07) is 3.44. The number of hydrogen-bond acceptors (Lipinski definition) is 5. The number of alkyl halides is 1. The molecule has 2 aromatic rings. The third-order valence-corrected chi connectivity index (χ3v) is 4.94. The Morgan fingerprint density at radius 2 is 2.24 bits per heavy atom. The van der Waals surface area contributed by atoms with Crippen LogP contribution in [0.2, 0.25) is 0 Å². The summed E-state index contributed by atoms with van der Waals surface area (Å²) in [6.07, 6.45) is 4.23. The number of aliphatic imine (C=N–C) groups is 1. The minimum Gasteiger partial charge on any atom is -0.496 e. The Morgan fingerprint density at radius 3 is 2.86 bits per heavy atom. The lowest BCUT2D eigenvalue weighted by molar-refractivity contribution is 0.0206. The van der Waals surface area contributed by atoms with Crippen LogP contribution >= 0.6 is 0 Å². The molecule has 0 saturated heterocycles. The zero-order chi connectivity index (χ0) is 21.2. The van der Waals surface area contributed by atoms with Gasteiger partial charge in [-0.05, 0) is 25.5 Å². The standard InChI is InChI=1S/C20H26FN5O3/c1-20(28,12-21)7-8-25(2)19(27)24-17-9-15-16(29-4)6-5-14(18(15)23-17)13-10-22-26(3)11-13/h5-6,10-11,28H,7-9,12H2,1-4H3,(H,23,24,27). The molecule has 1 aliphatic heterocycles. The maximum Gasteiger partial charge on any atom is 0.322 e. The first-order valence-electron chi connectivity index (χ1n) is 9.31. The van der Waals surface area contributed by atoms with E-state index >= 15 is 0 Å². The molecule has 0 bridgehead atoms. The van der Waals surface area contributed by atoms with Gasteiger partial charge in [0.2, 0.25) is 0 Å². The number of ether oxygens (including phenoxy) is 1. The maximum absolute atomic E-state index is 12.7. The van der Waals surface area contributed by atoms with Crippen molar-refractivity contribution in [1.29, 1.82) is 0 Å². The summed E-state index contributed by atoms with van der Waals surface area (Å²) < 4.78 is 19.9. The van der Waals surface area contributed by atoms with Crippen molar-refractivity contribution in [2.75, 3.05) is 27.4 Å². The second-order valence-corrected chi connectivity index (χ2v) is 7.51. The maximum atomic E-state index is 12.7. The highest BCUT2D eigenvalue weighted by Gasteiger charge is 2.26. The summed E-state index contributed by atoms with van der Waals surface area (Å²) in [4.78, 5) is 18.5. The smallest absolute Gasteiger partial charge is 0.322 e. The van der Waals surface area contributed by atoms with Crippen LogP contribution in [0.5, 0.6) is 5.75 Å². The molecule has 1 atom stereocenters. The normalized spacial score (nSPS) is 14.8. The van der Waals surface area contributed by atoms with Crippen LogP contribution in [0.3, 0.4) is 0 Å². The van der Waals surface area contributed by atoms with Gasteiger partial charge in [0.25, 0.3) is 0 Å². The van der Waals surface area contributed by atoms with E-state index in [1.54, 1.807) is 25.0 Å². The molecule has 2 N–H and O–H groups in total. The Kier molecular flexibility index (Phi) is 5.88. The SMILES string of the molecule is COc1ccc(-c2cnn(C)c2)c2c1CC(NC(=O)N(C)CCC(C)(O)CF)=N2. The molecule has 0 spiro atoms. The lowest BCUT2D eigenvalue weighted by Gasteiger charge is -2.24. The number of hydrogen-bond donors (Lipinski definition) is 2. The zero-order valence-electron chi connectivity index (χ0n) is 17.1. The van der Waals surface area contributed by atoms with Crippen molar-refractivity contribution in [3.05, 3.63) is 30.1 Å². The number of fused-ring (bicyclic) bond motifs is 1. The van der Waals surface area contributed by atoms with Gasteiger partial charge in [0.15, 0.2) is 0 Å². The number of amides is 2. The third kappa shape index (κ3) is 4.56. The van der Waals surface area contributed by atoms with Gasteiger partial charge in [0.05, 0.1) is 24.6 Å². The summed E-state index contributed by atoms with van der Waals surface area (Å²) in [7, 11) is 5.03. The van der Waals surface area contributed by atoms with E-state index < -0.39 is 12.3 Å². The predicted molar refractivity (Wildman–Crippen MR) is 108 cm³/mol. The Hall–Kier alpha value is -2.94. The number of aryl methyl sites for hydroxylation is 1. The molecule has 3 rings (SSSR count). The molecule has 0 radical (unpaired) electrons. The van der Waals surface area contributed by atoms with Gasteiger partial charge in [-0.25, -0.2) is 14.2 Å². The fourth-order valence-corrected chi connectivity index (χ4v) is 3.11. The van der Waals surface area contributed by atoms with Crippen LogP contribution in [0, 0.1) is 0 Å². The summed E-state index contributed by atoms with van der Waals surface area (Å²) in [5.74, 6) is 1.21. The molecular formula is C20H26FN5O3. The molecule has 0 saturated carbocycles. The molecule has 1 aromatic carbocycles. The van der Waals surface area contributed by atoms with Crippen molar-refractivity contribution in [3.63, 3.8) is 0 Å². The van der Waals surface area contributed by atoms with Crippen LogP contribution in [-0.2, 0) is 13.5 Å². The van der Waals surface area contributed by atoms with Crippen LogP contribution in [0.4, 0.5) is 14.9 Å². The minimum atomic E-state index is -1.44. The van der Waals surface area contributed by atoms with Gasteiger partial charge in [0.1, 0.15) is 18.3 Å². The molecule has 2 amide bonds. The monoisotopic (exact) mass is 403 g/mol. The summed E-state index contributed by atoms with van der Waals surface area (Å²) in [6.45, 7) is 0.761. The predicted octanol–water partition coefficient (Wildman–Crippen LogP) is 2.43. The number of halogens is 1. The average molecular weight is 403 g/mol. The minimum absolute atomic E-state index is 0.138. The number of nitrogens with zero attached hydrogens (tertiary/aromatic N) is 4. The third-order valence-electron chi connectivity index (χ3n) is 4.94. The molecule has 1 aliphatic rings.